The van der Waals surface area contributed by atoms with Crippen molar-refractivity contribution in [3.63, 3.8) is 0 Å². The van der Waals surface area contributed by atoms with Gasteiger partial charge in [-0.05, 0) is 26.0 Å². The molecule has 1 N–H and O–H groups in total. The quantitative estimate of drug-likeness (QED) is 0.764. The summed E-state index contributed by atoms with van der Waals surface area (Å²) in [4.78, 5) is 16.3. The topological polar surface area (TPSA) is 98.4 Å². The number of pyridine rings is 1. The number of aryl methyl sites for hydroxylation is 1. The van der Waals surface area contributed by atoms with Gasteiger partial charge in [0.25, 0.3) is 15.9 Å². The summed E-state index contributed by atoms with van der Waals surface area (Å²) in [6.45, 7) is 3.40. The van der Waals surface area contributed by atoms with E-state index in [1.807, 2.05) is 4.72 Å². The molecule has 0 aliphatic heterocycles. The number of aromatic nitrogens is 4. The second kappa shape index (κ2) is 5.20. The number of fused-ring (bicyclic) bond motifs is 1. The molecule has 8 nitrogen and oxygen atoms in total. The van der Waals surface area contributed by atoms with Crippen LogP contribution in [0.2, 0.25) is 0 Å². The summed E-state index contributed by atoms with van der Waals surface area (Å²) in [7, 11) is -2.41. The monoisotopic (exact) mass is 333 g/mol. The summed E-state index contributed by atoms with van der Waals surface area (Å²) in [6.07, 6.45) is 3.19. The molecule has 0 aliphatic rings. The first-order valence-electron chi connectivity index (χ1n) is 6.80. The molecule has 0 saturated heterocycles. The Hall–Kier alpha value is -2.68. The normalized spacial score (nSPS) is 11.8. The Labute approximate surface area is 132 Å². The van der Waals surface area contributed by atoms with Gasteiger partial charge in [-0.2, -0.15) is 13.5 Å². The standard InChI is InChI=1S/C14H15N5O3S/c1-9-10(2)18(3)16-14(9)23(21,22)17-13(20)11-8-19-7-5-4-6-12(19)15-11/h4-8H,1-3H3,(H,17,20). The van der Waals surface area contributed by atoms with Crippen molar-refractivity contribution in [3.05, 3.63) is 47.5 Å². The number of hydrogen-bond donors (Lipinski definition) is 1. The lowest BCUT2D eigenvalue weighted by Gasteiger charge is -2.03. The molecule has 9 heteroatoms. The second-order valence-corrected chi connectivity index (χ2v) is 6.76. The highest BCUT2D eigenvalue weighted by Crippen LogP contribution is 2.16. The molecule has 0 aromatic carbocycles. The van der Waals surface area contributed by atoms with Crippen molar-refractivity contribution in [3.8, 4) is 0 Å². The first-order valence-corrected chi connectivity index (χ1v) is 8.29. The van der Waals surface area contributed by atoms with Gasteiger partial charge in [-0.25, -0.2) is 9.71 Å². The van der Waals surface area contributed by atoms with Crippen LogP contribution in [0.25, 0.3) is 5.65 Å². The van der Waals surface area contributed by atoms with Gasteiger partial charge in [0, 0.05) is 30.7 Å². The number of nitrogens with one attached hydrogen (secondary N) is 1. The van der Waals surface area contributed by atoms with Crippen molar-refractivity contribution in [2.75, 3.05) is 0 Å². The van der Waals surface area contributed by atoms with Crippen molar-refractivity contribution >= 4 is 21.6 Å². The average molecular weight is 333 g/mol. The van der Waals surface area contributed by atoms with E-state index in [1.54, 1.807) is 49.7 Å². The fourth-order valence-electron chi connectivity index (χ4n) is 2.21. The Morgan fingerprint density at radius 2 is 2.00 bits per heavy atom. The van der Waals surface area contributed by atoms with E-state index in [0.717, 1.165) is 0 Å². The van der Waals surface area contributed by atoms with E-state index >= 15 is 0 Å². The van der Waals surface area contributed by atoms with E-state index in [2.05, 4.69) is 10.1 Å². The van der Waals surface area contributed by atoms with Gasteiger partial charge >= 0.3 is 0 Å². The zero-order chi connectivity index (χ0) is 16.8. The Morgan fingerprint density at radius 1 is 1.26 bits per heavy atom. The first-order chi connectivity index (χ1) is 10.8. The summed E-state index contributed by atoms with van der Waals surface area (Å²) in [6, 6.07) is 5.28. The van der Waals surface area contributed by atoms with Crippen LogP contribution in [0.1, 0.15) is 21.7 Å². The highest BCUT2D eigenvalue weighted by atomic mass is 32.2. The molecule has 3 heterocycles. The molecule has 120 valence electrons. The predicted octanol–water partition coefficient (Wildman–Crippen LogP) is 0.803. The number of rotatable bonds is 3. The molecule has 23 heavy (non-hydrogen) atoms. The molecule has 0 saturated carbocycles. The molecule has 3 rings (SSSR count). The Kier molecular flexibility index (Phi) is 3.44. The van der Waals surface area contributed by atoms with Crippen LogP contribution in [0.5, 0.6) is 0 Å². The smallest absolute Gasteiger partial charge is 0.285 e. The van der Waals surface area contributed by atoms with Crippen LogP contribution in [-0.4, -0.2) is 33.5 Å². The third-order valence-corrected chi connectivity index (χ3v) is 5.02. The summed E-state index contributed by atoms with van der Waals surface area (Å²) < 4.78 is 29.9. The number of nitrogens with zero attached hydrogens (tertiary/aromatic N) is 4. The number of carbonyl (C=O) groups excluding carboxylic acids is 1. The Bertz CT molecular complexity index is 983. The second-order valence-electron chi connectivity index (χ2n) is 5.17. The van der Waals surface area contributed by atoms with Gasteiger partial charge in [0.1, 0.15) is 11.3 Å². The van der Waals surface area contributed by atoms with Gasteiger partial charge in [0.05, 0.1) is 0 Å². The van der Waals surface area contributed by atoms with E-state index in [9.17, 15) is 13.2 Å². The van der Waals surface area contributed by atoms with Crippen molar-refractivity contribution in [2.45, 2.75) is 18.9 Å². The van der Waals surface area contributed by atoms with Gasteiger partial charge in [-0.1, -0.05) is 6.07 Å². The molecule has 0 bridgehead atoms. The van der Waals surface area contributed by atoms with E-state index in [-0.39, 0.29) is 10.7 Å². The van der Waals surface area contributed by atoms with Crippen LogP contribution in [0.15, 0.2) is 35.6 Å². The summed E-state index contributed by atoms with van der Waals surface area (Å²) in [5.74, 6) is -0.795. The molecule has 0 spiro atoms. The molecule has 1 amide bonds. The minimum atomic E-state index is -4.06. The average Bonchev–Trinajstić information content (AvgIpc) is 3.04. The summed E-state index contributed by atoms with van der Waals surface area (Å²) >= 11 is 0. The largest absolute Gasteiger partial charge is 0.306 e. The number of carbonyl (C=O) groups is 1. The molecule has 3 aromatic heterocycles. The van der Waals surface area contributed by atoms with Gasteiger partial charge < -0.3 is 4.40 Å². The summed E-state index contributed by atoms with van der Waals surface area (Å²) in [5.41, 5.74) is 1.79. The predicted molar refractivity (Wildman–Crippen MR) is 82.5 cm³/mol. The Morgan fingerprint density at radius 3 is 2.61 bits per heavy atom. The maximum absolute atomic E-state index is 12.4. The van der Waals surface area contributed by atoms with Gasteiger partial charge in [-0.15, -0.1) is 0 Å². The number of imidazole rings is 1. The van der Waals surface area contributed by atoms with E-state index in [1.165, 1.54) is 10.9 Å². The summed E-state index contributed by atoms with van der Waals surface area (Å²) in [5, 5.41) is 3.80. The fraction of sp³-hybridized carbons (Fsp3) is 0.214. The van der Waals surface area contributed by atoms with Crippen molar-refractivity contribution in [1.29, 1.82) is 0 Å². The van der Waals surface area contributed by atoms with Crippen molar-refractivity contribution in [2.24, 2.45) is 7.05 Å². The zero-order valence-electron chi connectivity index (χ0n) is 12.8. The van der Waals surface area contributed by atoms with E-state index < -0.39 is 15.9 Å². The lowest BCUT2D eigenvalue weighted by molar-refractivity contribution is 0.0977. The molecule has 0 unspecified atom stereocenters. The van der Waals surface area contributed by atoms with Gasteiger partial charge in [0.15, 0.2) is 0 Å². The highest BCUT2D eigenvalue weighted by Gasteiger charge is 2.26. The van der Waals surface area contributed by atoms with E-state index in [0.29, 0.717) is 16.9 Å². The number of hydrogen-bond acceptors (Lipinski definition) is 5. The molecule has 3 aromatic rings. The van der Waals surface area contributed by atoms with Gasteiger partial charge in [0.2, 0.25) is 5.03 Å². The Balaban J connectivity index is 1.93. The van der Waals surface area contributed by atoms with Crippen LogP contribution in [0.3, 0.4) is 0 Å². The van der Waals surface area contributed by atoms with Crippen LogP contribution >= 0.6 is 0 Å². The number of sulfonamides is 1. The SMILES string of the molecule is Cc1c(S(=O)(=O)NC(=O)c2cn3ccccc3n2)nn(C)c1C. The molecular weight excluding hydrogens is 318 g/mol. The molecule has 0 aliphatic carbocycles. The van der Waals surface area contributed by atoms with Gasteiger partial charge in [-0.3, -0.25) is 9.48 Å². The lowest BCUT2D eigenvalue weighted by atomic mass is 10.3. The molecular formula is C14H15N5O3S. The maximum atomic E-state index is 12.4. The van der Waals surface area contributed by atoms with Crippen LogP contribution in [0.4, 0.5) is 0 Å². The molecule has 0 atom stereocenters. The van der Waals surface area contributed by atoms with Crippen LogP contribution < -0.4 is 4.72 Å². The molecule has 0 radical (unpaired) electrons. The third-order valence-electron chi connectivity index (χ3n) is 3.67. The maximum Gasteiger partial charge on any atom is 0.285 e. The fourth-order valence-corrected chi connectivity index (χ4v) is 3.43. The highest BCUT2D eigenvalue weighted by molar-refractivity contribution is 7.90. The minimum absolute atomic E-state index is 0.0186. The molecule has 0 fully saturated rings. The third kappa shape index (κ3) is 2.59. The first kappa shape index (κ1) is 15.2. The number of amides is 1. The van der Waals surface area contributed by atoms with E-state index in [4.69, 9.17) is 0 Å². The van der Waals surface area contributed by atoms with Crippen LogP contribution in [0, 0.1) is 13.8 Å². The lowest BCUT2D eigenvalue weighted by Crippen LogP contribution is -2.31. The van der Waals surface area contributed by atoms with Crippen LogP contribution in [-0.2, 0) is 17.1 Å². The zero-order valence-corrected chi connectivity index (χ0v) is 13.6. The van der Waals surface area contributed by atoms with Crippen molar-refractivity contribution < 1.29 is 13.2 Å². The van der Waals surface area contributed by atoms with Crippen molar-refractivity contribution in [1.82, 2.24) is 23.9 Å². The minimum Gasteiger partial charge on any atom is -0.306 e.